The maximum absolute atomic E-state index is 13.4. The molecule has 1 unspecified atom stereocenters. The third kappa shape index (κ3) is 3.47. The molecule has 100 valence electrons. The molecule has 0 saturated carbocycles. The van der Waals surface area contributed by atoms with Gasteiger partial charge >= 0.3 is 0 Å². The van der Waals surface area contributed by atoms with E-state index in [1.165, 1.54) is 12.1 Å². The predicted molar refractivity (Wildman–Crippen MR) is 78.4 cm³/mol. The SMILES string of the molecule is CCNC(c1cccc(Cl)c1)c1cc(F)ccc1Cl. The Kier molecular flexibility index (Phi) is 4.81. The van der Waals surface area contributed by atoms with Gasteiger partial charge in [0.15, 0.2) is 0 Å². The monoisotopic (exact) mass is 297 g/mol. The molecule has 0 saturated heterocycles. The van der Waals surface area contributed by atoms with Crippen LogP contribution in [-0.2, 0) is 0 Å². The smallest absolute Gasteiger partial charge is 0.123 e. The molecule has 4 heteroatoms. The van der Waals surface area contributed by atoms with E-state index in [0.717, 1.165) is 12.1 Å². The molecule has 0 radical (unpaired) electrons. The van der Waals surface area contributed by atoms with Gasteiger partial charge in [0.1, 0.15) is 5.82 Å². The molecule has 0 aliphatic rings. The maximum atomic E-state index is 13.4. The molecule has 19 heavy (non-hydrogen) atoms. The Bertz CT molecular complexity index is 572. The van der Waals surface area contributed by atoms with Crippen molar-refractivity contribution in [3.8, 4) is 0 Å². The molecule has 2 rings (SSSR count). The zero-order chi connectivity index (χ0) is 13.8. The Morgan fingerprint density at radius 2 is 1.95 bits per heavy atom. The molecule has 0 heterocycles. The Balaban J connectivity index is 2.48. The number of hydrogen-bond acceptors (Lipinski definition) is 1. The van der Waals surface area contributed by atoms with Gasteiger partial charge in [-0.3, -0.25) is 0 Å². The van der Waals surface area contributed by atoms with Crippen molar-refractivity contribution in [3.05, 3.63) is 69.5 Å². The summed E-state index contributed by atoms with van der Waals surface area (Å²) < 4.78 is 13.4. The van der Waals surface area contributed by atoms with Gasteiger partial charge in [-0.2, -0.15) is 0 Å². The van der Waals surface area contributed by atoms with E-state index in [2.05, 4.69) is 5.32 Å². The second kappa shape index (κ2) is 6.38. The topological polar surface area (TPSA) is 12.0 Å². The quantitative estimate of drug-likeness (QED) is 0.852. The van der Waals surface area contributed by atoms with E-state index in [1.807, 2.05) is 25.1 Å². The zero-order valence-electron chi connectivity index (χ0n) is 10.5. The third-order valence-corrected chi connectivity index (χ3v) is 3.44. The first-order valence-corrected chi connectivity index (χ1v) is 6.81. The average molecular weight is 298 g/mol. The second-order valence-electron chi connectivity index (χ2n) is 4.21. The molecule has 0 aliphatic heterocycles. The largest absolute Gasteiger partial charge is 0.306 e. The van der Waals surface area contributed by atoms with E-state index in [-0.39, 0.29) is 11.9 Å². The van der Waals surface area contributed by atoms with Crippen LogP contribution >= 0.6 is 23.2 Å². The number of hydrogen-bond donors (Lipinski definition) is 1. The molecule has 1 N–H and O–H groups in total. The molecule has 0 bridgehead atoms. The summed E-state index contributed by atoms with van der Waals surface area (Å²) in [6.07, 6.45) is 0. The normalized spacial score (nSPS) is 12.4. The predicted octanol–water partition coefficient (Wildman–Crippen LogP) is 4.83. The summed E-state index contributed by atoms with van der Waals surface area (Å²) >= 11 is 12.2. The van der Waals surface area contributed by atoms with Crippen molar-refractivity contribution in [2.75, 3.05) is 6.54 Å². The van der Waals surface area contributed by atoms with Gasteiger partial charge in [0.25, 0.3) is 0 Å². The van der Waals surface area contributed by atoms with Crippen LogP contribution in [0.4, 0.5) is 4.39 Å². The van der Waals surface area contributed by atoms with Crippen molar-refractivity contribution in [2.24, 2.45) is 0 Å². The molecule has 0 fully saturated rings. The van der Waals surface area contributed by atoms with Gasteiger partial charge in [0, 0.05) is 10.0 Å². The second-order valence-corrected chi connectivity index (χ2v) is 5.06. The Morgan fingerprint density at radius 1 is 1.16 bits per heavy atom. The lowest BCUT2D eigenvalue weighted by Gasteiger charge is -2.20. The fraction of sp³-hybridized carbons (Fsp3) is 0.200. The zero-order valence-corrected chi connectivity index (χ0v) is 12.0. The minimum atomic E-state index is -0.302. The highest BCUT2D eigenvalue weighted by Crippen LogP contribution is 2.30. The lowest BCUT2D eigenvalue weighted by molar-refractivity contribution is 0.603. The lowest BCUT2D eigenvalue weighted by atomic mass is 9.98. The van der Waals surface area contributed by atoms with Gasteiger partial charge < -0.3 is 5.32 Å². The molecular formula is C15H14Cl2FN. The van der Waals surface area contributed by atoms with Gasteiger partial charge in [-0.15, -0.1) is 0 Å². The van der Waals surface area contributed by atoms with Crippen molar-refractivity contribution in [1.29, 1.82) is 0 Å². The van der Waals surface area contributed by atoms with Crippen LogP contribution in [0.1, 0.15) is 24.1 Å². The molecule has 0 spiro atoms. The van der Waals surface area contributed by atoms with Crippen molar-refractivity contribution in [3.63, 3.8) is 0 Å². The van der Waals surface area contributed by atoms with E-state index >= 15 is 0 Å². The van der Waals surface area contributed by atoms with Crippen LogP contribution in [0.25, 0.3) is 0 Å². The summed E-state index contributed by atoms with van der Waals surface area (Å²) in [6, 6.07) is 11.7. The van der Waals surface area contributed by atoms with Crippen LogP contribution in [0.3, 0.4) is 0 Å². The van der Waals surface area contributed by atoms with Crippen LogP contribution in [0.15, 0.2) is 42.5 Å². The Labute approximate surface area is 122 Å². The summed E-state index contributed by atoms with van der Waals surface area (Å²) in [5, 5.41) is 4.48. The Morgan fingerprint density at radius 3 is 2.63 bits per heavy atom. The van der Waals surface area contributed by atoms with Crippen LogP contribution in [0.5, 0.6) is 0 Å². The van der Waals surface area contributed by atoms with Crippen molar-refractivity contribution >= 4 is 23.2 Å². The Hall–Kier alpha value is -1.09. The van der Waals surface area contributed by atoms with Crippen molar-refractivity contribution in [2.45, 2.75) is 13.0 Å². The highest BCUT2D eigenvalue weighted by Gasteiger charge is 2.17. The van der Waals surface area contributed by atoms with Gasteiger partial charge in [-0.1, -0.05) is 42.3 Å². The molecule has 0 amide bonds. The van der Waals surface area contributed by atoms with E-state index < -0.39 is 0 Å². The lowest BCUT2D eigenvalue weighted by Crippen LogP contribution is -2.22. The maximum Gasteiger partial charge on any atom is 0.123 e. The molecule has 2 aromatic carbocycles. The van der Waals surface area contributed by atoms with Crippen LogP contribution in [0, 0.1) is 5.82 Å². The first kappa shape index (κ1) is 14.3. The highest BCUT2D eigenvalue weighted by molar-refractivity contribution is 6.31. The molecule has 1 atom stereocenters. The number of benzene rings is 2. The summed E-state index contributed by atoms with van der Waals surface area (Å²) in [5.74, 6) is -0.302. The summed E-state index contributed by atoms with van der Waals surface area (Å²) in [6.45, 7) is 2.73. The van der Waals surface area contributed by atoms with Crippen molar-refractivity contribution in [1.82, 2.24) is 5.32 Å². The van der Waals surface area contributed by atoms with E-state index in [1.54, 1.807) is 12.1 Å². The number of rotatable bonds is 4. The first-order chi connectivity index (χ1) is 9.11. The van der Waals surface area contributed by atoms with E-state index in [4.69, 9.17) is 23.2 Å². The molecule has 1 nitrogen and oxygen atoms in total. The first-order valence-electron chi connectivity index (χ1n) is 6.05. The minimum absolute atomic E-state index is 0.174. The molecule has 2 aromatic rings. The van der Waals surface area contributed by atoms with Gasteiger partial charge in [0.05, 0.1) is 6.04 Å². The molecule has 0 aromatic heterocycles. The molecular weight excluding hydrogens is 284 g/mol. The standard InChI is InChI=1S/C15H14Cl2FN/c1-2-19-15(10-4-3-5-11(16)8-10)13-9-12(18)6-7-14(13)17/h3-9,15,19H,2H2,1H3. The van der Waals surface area contributed by atoms with Crippen molar-refractivity contribution < 1.29 is 4.39 Å². The van der Waals surface area contributed by atoms with Gasteiger partial charge in [-0.05, 0) is 48.0 Å². The average Bonchev–Trinajstić information content (AvgIpc) is 2.39. The molecule has 0 aliphatic carbocycles. The van der Waals surface area contributed by atoms with Gasteiger partial charge in [-0.25, -0.2) is 4.39 Å². The van der Waals surface area contributed by atoms with Crippen LogP contribution in [0.2, 0.25) is 10.0 Å². The van der Waals surface area contributed by atoms with Gasteiger partial charge in [0.2, 0.25) is 0 Å². The fourth-order valence-corrected chi connectivity index (χ4v) is 2.46. The third-order valence-electron chi connectivity index (χ3n) is 2.86. The fourth-order valence-electron chi connectivity index (χ4n) is 2.03. The number of halogens is 3. The summed E-state index contributed by atoms with van der Waals surface area (Å²) in [5.41, 5.74) is 1.67. The van der Waals surface area contributed by atoms with Crippen LogP contribution < -0.4 is 5.32 Å². The number of nitrogens with one attached hydrogen (secondary N) is 1. The van der Waals surface area contributed by atoms with E-state index in [0.29, 0.717) is 15.6 Å². The highest BCUT2D eigenvalue weighted by atomic mass is 35.5. The minimum Gasteiger partial charge on any atom is -0.306 e. The van der Waals surface area contributed by atoms with E-state index in [9.17, 15) is 4.39 Å². The summed E-state index contributed by atoms with van der Waals surface area (Å²) in [7, 11) is 0. The summed E-state index contributed by atoms with van der Waals surface area (Å²) in [4.78, 5) is 0. The van der Waals surface area contributed by atoms with Crippen LogP contribution in [-0.4, -0.2) is 6.54 Å².